The van der Waals surface area contributed by atoms with Crippen molar-refractivity contribution in [1.82, 2.24) is 9.55 Å². The molecule has 8 nitrogen and oxygen atoms in total. The number of carbonyl (C=O) groups excluding carboxylic acids is 1. The van der Waals surface area contributed by atoms with Gasteiger partial charge in [0.25, 0.3) is 5.91 Å². The monoisotopic (exact) mass is 552 g/mol. The van der Waals surface area contributed by atoms with Crippen molar-refractivity contribution < 1.29 is 19.0 Å². The fraction of sp³-hybridized carbons (Fsp3) is 0.156. The topological polar surface area (TPSA) is 119 Å². The molecule has 0 radical (unpaired) electrons. The number of carbonyl (C=O) groups is 1. The zero-order chi connectivity index (χ0) is 28.9. The van der Waals surface area contributed by atoms with Gasteiger partial charge in [0.05, 0.1) is 13.7 Å². The molecule has 0 aliphatic heterocycles. The molecular formula is C32H29FN4O4. The second-order valence-electron chi connectivity index (χ2n) is 9.58. The van der Waals surface area contributed by atoms with Crippen LogP contribution in [-0.2, 0) is 11.3 Å². The molecule has 208 valence electrons. The summed E-state index contributed by atoms with van der Waals surface area (Å²) in [5, 5.41) is 13.0. The number of benzene rings is 2. The number of aryl methyl sites for hydroxylation is 1. The van der Waals surface area contributed by atoms with E-state index in [-0.39, 0.29) is 17.9 Å². The van der Waals surface area contributed by atoms with Gasteiger partial charge in [-0.25, -0.2) is 9.37 Å². The standard InChI is InChI=1S/C32H29FN4O4/c1-41-29-12-9-22(16-28(29)38)23-15-25(31(34)35-17-23)21-7-10-24(11-8-21)36-32(40)27-19-37(14-13-33)18-26(30(27)39)20-5-3-2-4-6-20/h2-8,10-11,15-19,38H,9,12-14H2,1H3,(H2,34,35)(H,36,40). The van der Waals surface area contributed by atoms with Crippen molar-refractivity contribution in [3.8, 4) is 22.3 Å². The number of pyridine rings is 2. The molecular weight excluding hydrogens is 523 g/mol. The number of hydrogen-bond acceptors (Lipinski definition) is 6. The average molecular weight is 553 g/mol. The van der Waals surface area contributed by atoms with Gasteiger partial charge in [-0.2, -0.15) is 0 Å². The molecule has 0 fully saturated rings. The van der Waals surface area contributed by atoms with Gasteiger partial charge in [-0.1, -0.05) is 42.5 Å². The third kappa shape index (κ3) is 5.89. The third-order valence-corrected chi connectivity index (χ3v) is 6.96. The Kier molecular flexibility index (Phi) is 7.96. The molecule has 0 spiro atoms. The number of allylic oxidation sites excluding steroid dienone is 3. The van der Waals surface area contributed by atoms with Crippen LogP contribution in [0.3, 0.4) is 0 Å². The lowest BCUT2D eigenvalue weighted by Crippen LogP contribution is -2.24. The highest BCUT2D eigenvalue weighted by molar-refractivity contribution is 6.04. The summed E-state index contributed by atoms with van der Waals surface area (Å²) in [5.41, 5.74) is 10.3. The van der Waals surface area contributed by atoms with Crippen LogP contribution < -0.4 is 16.5 Å². The van der Waals surface area contributed by atoms with Gasteiger partial charge in [0.1, 0.15) is 23.8 Å². The van der Waals surface area contributed by atoms with E-state index in [1.54, 1.807) is 67.0 Å². The van der Waals surface area contributed by atoms with Crippen molar-refractivity contribution in [3.63, 3.8) is 0 Å². The number of nitrogen functional groups attached to an aromatic ring is 1. The third-order valence-electron chi connectivity index (χ3n) is 6.96. The van der Waals surface area contributed by atoms with E-state index < -0.39 is 18.0 Å². The second kappa shape index (κ2) is 11.9. The summed E-state index contributed by atoms with van der Waals surface area (Å²) in [5.74, 6) is 0.385. The number of hydrogen-bond donors (Lipinski definition) is 3. The normalized spacial score (nSPS) is 13.1. The van der Waals surface area contributed by atoms with E-state index >= 15 is 0 Å². The highest BCUT2D eigenvalue weighted by Gasteiger charge is 2.18. The largest absolute Gasteiger partial charge is 0.504 e. The lowest BCUT2D eigenvalue weighted by molar-refractivity contribution is 0.102. The number of aliphatic hydroxyl groups is 1. The zero-order valence-electron chi connectivity index (χ0n) is 22.4. The first-order chi connectivity index (χ1) is 19.9. The van der Waals surface area contributed by atoms with E-state index in [1.165, 1.54) is 17.9 Å². The lowest BCUT2D eigenvalue weighted by Gasteiger charge is -2.17. The molecule has 0 saturated carbocycles. The quantitative estimate of drug-likeness (QED) is 0.248. The van der Waals surface area contributed by atoms with Gasteiger partial charge in [0, 0.05) is 41.8 Å². The van der Waals surface area contributed by atoms with Crippen molar-refractivity contribution in [2.75, 3.05) is 24.8 Å². The molecule has 0 saturated heterocycles. The summed E-state index contributed by atoms with van der Waals surface area (Å²) >= 11 is 0. The van der Waals surface area contributed by atoms with E-state index in [0.717, 1.165) is 16.7 Å². The maximum Gasteiger partial charge on any atom is 0.261 e. The number of aromatic nitrogens is 2. The molecule has 5 rings (SSSR count). The van der Waals surface area contributed by atoms with Gasteiger partial charge >= 0.3 is 0 Å². The zero-order valence-corrected chi connectivity index (χ0v) is 22.4. The number of nitrogens with one attached hydrogen (secondary N) is 1. The second-order valence-corrected chi connectivity index (χ2v) is 9.58. The van der Waals surface area contributed by atoms with Gasteiger partial charge in [-0.05, 0) is 53.0 Å². The van der Waals surface area contributed by atoms with E-state index in [2.05, 4.69) is 10.3 Å². The first-order valence-electron chi connectivity index (χ1n) is 13.1. The molecule has 0 bridgehead atoms. The predicted molar refractivity (Wildman–Crippen MR) is 158 cm³/mol. The Bertz CT molecular complexity index is 1710. The van der Waals surface area contributed by atoms with Crippen molar-refractivity contribution in [1.29, 1.82) is 0 Å². The molecule has 1 aliphatic carbocycles. The van der Waals surface area contributed by atoms with Crippen molar-refractivity contribution >= 4 is 23.0 Å². The summed E-state index contributed by atoms with van der Waals surface area (Å²) in [6.07, 6.45) is 7.54. The Morgan fingerprint density at radius 3 is 2.46 bits per heavy atom. The highest BCUT2D eigenvalue weighted by atomic mass is 19.1. The number of anilines is 2. The van der Waals surface area contributed by atoms with Gasteiger partial charge in [-0.15, -0.1) is 0 Å². The number of ether oxygens (including phenoxy) is 1. The van der Waals surface area contributed by atoms with Gasteiger partial charge in [-0.3, -0.25) is 9.59 Å². The molecule has 0 atom stereocenters. The molecule has 4 aromatic rings. The van der Waals surface area contributed by atoms with Crippen LogP contribution in [0.25, 0.3) is 27.8 Å². The Balaban J connectivity index is 1.40. The van der Waals surface area contributed by atoms with Gasteiger partial charge < -0.3 is 25.5 Å². The van der Waals surface area contributed by atoms with Crippen LogP contribution in [0.4, 0.5) is 15.9 Å². The van der Waals surface area contributed by atoms with E-state index in [0.29, 0.717) is 46.8 Å². The van der Waals surface area contributed by atoms with E-state index in [9.17, 15) is 19.1 Å². The Morgan fingerprint density at radius 1 is 1.05 bits per heavy atom. The van der Waals surface area contributed by atoms with Gasteiger partial charge in [0.15, 0.2) is 5.76 Å². The van der Waals surface area contributed by atoms with E-state index in [4.69, 9.17) is 10.5 Å². The van der Waals surface area contributed by atoms with Crippen molar-refractivity contribution in [3.05, 3.63) is 118 Å². The number of nitrogens with two attached hydrogens (primary N) is 1. The fourth-order valence-corrected chi connectivity index (χ4v) is 4.79. The van der Waals surface area contributed by atoms with Crippen LogP contribution in [0, 0.1) is 0 Å². The number of nitrogens with zero attached hydrogens (tertiary/aromatic N) is 2. The van der Waals surface area contributed by atoms with Crippen LogP contribution in [0.1, 0.15) is 28.8 Å². The Morgan fingerprint density at radius 2 is 1.78 bits per heavy atom. The average Bonchev–Trinajstić information content (AvgIpc) is 2.99. The van der Waals surface area contributed by atoms with Crippen molar-refractivity contribution in [2.24, 2.45) is 0 Å². The fourth-order valence-electron chi connectivity index (χ4n) is 4.79. The SMILES string of the molecule is COC1=C(O)C=C(c2cnc(N)c(-c3ccc(NC(=O)c4cn(CCF)cc(-c5ccccc5)c4=O)cc3)c2)CC1. The molecule has 9 heteroatoms. The summed E-state index contributed by atoms with van der Waals surface area (Å²) in [6.45, 7) is -0.619. The first-order valence-corrected chi connectivity index (χ1v) is 13.1. The minimum Gasteiger partial charge on any atom is -0.504 e. The molecule has 1 amide bonds. The van der Waals surface area contributed by atoms with Crippen LogP contribution in [0.5, 0.6) is 0 Å². The number of amides is 1. The van der Waals surface area contributed by atoms with Gasteiger partial charge in [0.2, 0.25) is 5.43 Å². The maximum atomic E-state index is 13.2. The number of alkyl halides is 1. The van der Waals surface area contributed by atoms with Crippen LogP contribution in [0.2, 0.25) is 0 Å². The van der Waals surface area contributed by atoms with E-state index in [1.807, 2.05) is 12.1 Å². The molecule has 4 N–H and O–H groups in total. The van der Waals surface area contributed by atoms with Crippen molar-refractivity contribution in [2.45, 2.75) is 19.4 Å². The molecule has 1 aliphatic rings. The number of methoxy groups -OCH3 is 1. The Hall–Kier alpha value is -5.18. The predicted octanol–water partition coefficient (Wildman–Crippen LogP) is 5.97. The maximum absolute atomic E-state index is 13.2. The highest BCUT2D eigenvalue weighted by Crippen LogP contribution is 2.33. The number of halogens is 1. The summed E-state index contributed by atoms with van der Waals surface area (Å²) in [4.78, 5) is 30.8. The minimum absolute atomic E-state index is 0.0178. The minimum atomic E-state index is -0.637. The molecule has 2 aromatic carbocycles. The molecule has 2 aromatic heterocycles. The first kappa shape index (κ1) is 27.4. The number of aliphatic hydroxyl groups excluding tert-OH is 1. The number of rotatable bonds is 8. The van der Waals surface area contributed by atoms with Crippen LogP contribution in [-0.4, -0.2) is 34.3 Å². The Labute approximate surface area is 236 Å². The molecule has 41 heavy (non-hydrogen) atoms. The smallest absolute Gasteiger partial charge is 0.261 e. The summed E-state index contributed by atoms with van der Waals surface area (Å²) < 4.78 is 19.9. The summed E-state index contributed by atoms with van der Waals surface area (Å²) in [7, 11) is 1.53. The van der Waals surface area contributed by atoms with Crippen LogP contribution >= 0.6 is 0 Å². The molecule has 0 unspecified atom stereocenters. The van der Waals surface area contributed by atoms with Crippen LogP contribution in [0.15, 0.2) is 102 Å². The molecule has 2 heterocycles. The summed E-state index contributed by atoms with van der Waals surface area (Å²) in [6, 6.07) is 17.9. The lowest BCUT2D eigenvalue weighted by atomic mass is 9.94.